The second-order valence-electron chi connectivity index (χ2n) is 12.0. The van der Waals surface area contributed by atoms with E-state index in [4.69, 9.17) is 10.5 Å². The maximum Gasteiger partial charge on any atom is 0.417 e. The summed E-state index contributed by atoms with van der Waals surface area (Å²) < 4.78 is 95.4. The Morgan fingerprint density at radius 3 is 2.64 bits per heavy atom. The van der Waals surface area contributed by atoms with Crippen LogP contribution in [0.5, 0.6) is 6.01 Å². The van der Waals surface area contributed by atoms with Crippen molar-refractivity contribution in [3.8, 4) is 17.1 Å². The molecule has 2 aromatic heterocycles. The molecule has 44 heavy (non-hydrogen) atoms. The van der Waals surface area contributed by atoms with Gasteiger partial charge in [-0.25, -0.2) is 18.2 Å². The molecule has 1 saturated carbocycles. The Hall–Kier alpha value is -3.39. The van der Waals surface area contributed by atoms with Gasteiger partial charge in [-0.3, -0.25) is 4.90 Å². The number of alkyl halides is 4. The van der Waals surface area contributed by atoms with Gasteiger partial charge in [0.05, 0.1) is 21.3 Å². The van der Waals surface area contributed by atoms with E-state index in [1.54, 1.807) is 0 Å². The summed E-state index contributed by atoms with van der Waals surface area (Å²) in [5, 5.41) is 3.01. The smallest absolute Gasteiger partial charge is 0.417 e. The van der Waals surface area contributed by atoms with Crippen molar-refractivity contribution in [1.29, 1.82) is 0 Å². The maximum absolute atomic E-state index is 16.6. The number of hydrogen-bond donors (Lipinski definition) is 2. The van der Waals surface area contributed by atoms with Gasteiger partial charge < -0.3 is 15.8 Å². The van der Waals surface area contributed by atoms with Gasteiger partial charge in [0.1, 0.15) is 29.9 Å². The molecule has 3 aliphatic rings. The molecule has 3 N–H and O–H groups in total. The van der Waals surface area contributed by atoms with Gasteiger partial charge in [0.15, 0.2) is 10.9 Å². The number of aromatic nitrogens is 3. The minimum absolute atomic E-state index is 0.0329. The summed E-state index contributed by atoms with van der Waals surface area (Å²) in [4.78, 5) is 14.8. The van der Waals surface area contributed by atoms with Crippen LogP contribution in [0.3, 0.4) is 0 Å². The third kappa shape index (κ3) is 5.09. The number of hydrogen-bond acceptors (Lipinski definition) is 8. The van der Waals surface area contributed by atoms with E-state index in [9.17, 15) is 22.0 Å². The van der Waals surface area contributed by atoms with E-state index in [-0.39, 0.29) is 56.3 Å². The number of fused-ring (bicyclic) bond motifs is 3. The lowest BCUT2D eigenvalue weighted by atomic mass is 9.94. The lowest BCUT2D eigenvalue weighted by molar-refractivity contribution is -0.137. The fourth-order valence-electron chi connectivity index (χ4n) is 7.15. The number of nitrogens with two attached hydrogens (primary N) is 1. The summed E-state index contributed by atoms with van der Waals surface area (Å²) in [7, 11) is 0. The highest BCUT2D eigenvalue weighted by atomic mass is 32.1. The Bertz CT molecular complexity index is 1740. The largest absolute Gasteiger partial charge is 0.461 e. The predicted molar refractivity (Wildman–Crippen MR) is 157 cm³/mol. The Morgan fingerprint density at radius 1 is 1.07 bits per heavy atom. The van der Waals surface area contributed by atoms with Gasteiger partial charge in [-0.15, -0.1) is 0 Å². The van der Waals surface area contributed by atoms with Crippen molar-refractivity contribution in [3.63, 3.8) is 0 Å². The zero-order chi connectivity index (χ0) is 30.8. The van der Waals surface area contributed by atoms with Gasteiger partial charge in [-0.2, -0.15) is 23.1 Å². The van der Waals surface area contributed by atoms with Crippen LogP contribution in [-0.2, 0) is 6.18 Å². The van der Waals surface area contributed by atoms with Crippen LogP contribution in [0.1, 0.15) is 56.9 Å². The molecule has 0 radical (unpaired) electrons. The predicted octanol–water partition coefficient (Wildman–Crippen LogP) is 7.49. The van der Waals surface area contributed by atoms with E-state index in [1.807, 2.05) is 4.90 Å². The molecule has 3 fully saturated rings. The molecule has 1 aliphatic carbocycles. The molecule has 0 bridgehead atoms. The molecular formula is C30H30F6N6OS. The molecule has 14 heteroatoms. The first kappa shape index (κ1) is 29.3. The molecule has 2 atom stereocenters. The molecule has 2 aliphatic heterocycles. The summed E-state index contributed by atoms with van der Waals surface area (Å²) in [5.41, 5.74) is 2.33. The van der Waals surface area contributed by atoms with Gasteiger partial charge in [0.25, 0.3) is 0 Å². The third-order valence-electron chi connectivity index (χ3n) is 9.17. The van der Waals surface area contributed by atoms with Crippen LogP contribution in [0.4, 0.5) is 37.3 Å². The number of halogens is 6. The lowest BCUT2D eigenvalue weighted by Crippen LogP contribution is -2.43. The Labute approximate surface area is 252 Å². The molecule has 2 aromatic carbocycles. The van der Waals surface area contributed by atoms with Gasteiger partial charge in [-0.05, 0) is 50.4 Å². The highest BCUT2D eigenvalue weighted by Gasteiger charge is 2.49. The normalized spacial score (nSPS) is 23.1. The van der Waals surface area contributed by atoms with Crippen molar-refractivity contribution in [3.05, 3.63) is 35.4 Å². The number of anilines is 2. The summed E-state index contributed by atoms with van der Waals surface area (Å²) >= 11 is 0.762. The number of benzene rings is 2. The minimum atomic E-state index is -4.99. The Morgan fingerprint density at radius 2 is 1.86 bits per heavy atom. The van der Waals surface area contributed by atoms with E-state index in [0.717, 1.165) is 81.0 Å². The molecule has 7 rings (SSSR count). The standard InChI is InChI=1S/C30H30F6N6OS/c31-15-12-29(9-4-10-42(29)13-15)14-43-28-40-23-18(26(41-28)38-16-5-2-1-3-6-16)11-19(30(34,35)36)21(22(23)33)17-7-8-20(32)25-24(17)39-27(37)44-25/h7-8,11,15-16H,1-6,9-10,12-14H2,(H2,37,39)(H,38,40,41)/t15-,29+/m1/s1. The molecule has 234 valence electrons. The van der Waals surface area contributed by atoms with Gasteiger partial charge in [0, 0.05) is 35.5 Å². The number of thiazole rings is 1. The molecular weight excluding hydrogens is 606 g/mol. The second-order valence-corrected chi connectivity index (χ2v) is 13.1. The highest BCUT2D eigenvalue weighted by molar-refractivity contribution is 7.22. The van der Waals surface area contributed by atoms with Gasteiger partial charge >= 0.3 is 12.2 Å². The summed E-state index contributed by atoms with van der Waals surface area (Å²) in [6, 6.07) is 2.57. The van der Waals surface area contributed by atoms with E-state index >= 15 is 4.39 Å². The lowest BCUT2D eigenvalue weighted by Gasteiger charge is -2.31. The van der Waals surface area contributed by atoms with Crippen molar-refractivity contribution in [2.75, 3.05) is 30.7 Å². The fraction of sp³-hybridized carbons (Fsp3) is 0.500. The maximum atomic E-state index is 16.6. The average molecular weight is 637 g/mol. The van der Waals surface area contributed by atoms with Crippen LogP contribution in [0.25, 0.3) is 32.2 Å². The Balaban J connectivity index is 1.40. The summed E-state index contributed by atoms with van der Waals surface area (Å²) in [5.74, 6) is -1.96. The van der Waals surface area contributed by atoms with Crippen LogP contribution in [0.2, 0.25) is 0 Å². The van der Waals surface area contributed by atoms with E-state index in [0.29, 0.717) is 13.0 Å². The zero-order valence-corrected chi connectivity index (χ0v) is 24.4. The molecule has 4 heterocycles. The van der Waals surface area contributed by atoms with Crippen molar-refractivity contribution in [1.82, 2.24) is 19.9 Å². The van der Waals surface area contributed by atoms with Crippen molar-refractivity contribution >= 4 is 43.4 Å². The van der Waals surface area contributed by atoms with Gasteiger partial charge in [-0.1, -0.05) is 30.6 Å². The minimum Gasteiger partial charge on any atom is -0.461 e. The number of nitrogen functional groups attached to an aromatic ring is 1. The monoisotopic (exact) mass is 636 g/mol. The first-order chi connectivity index (χ1) is 21.0. The van der Waals surface area contributed by atoms with Crippen molar-refractivity contribution < 1.29 is 31.1 Å². The molecule has 4 aromatic rings. The molecule has 7 nitrogen and oxygen atoms in total. The van der Waals surface area contributed by atoms with E-state index in [2.05, 4.69) is 20.3 Å². The zero-order valence-electron chi connectivity index (χ0n) is 23.6. The van der Waals surface area contributed by atoms with Crippen LogP contribution in [0.15, 0.2) is 18.2 Å². The topological polar surface area (TPSA) is 89.2 Å². The van der Waals surface area contributed by atoms with Crippen molar-refractivity contribution in [2.45, 2.75) is 75.3 Å². The molecule has 0 amide bonds. The number of rotatable bonds is 6. The first-order valence-corrected chi connectivity index (χ1v) is 15.6. The quantitative estimate of drug-likeness (QED) is 0.212. The van der Waals surface area contributed by atoms with Crippen molar-refractivity contribution in [2.24, 2.45) is 0 Å². The molecule has 0 unspecified atom stereocenters. The van der Waals surface area contributed by atoms with Crippen LogP contribution in [-0.4, -0.2) is 57.3 Å². The van der Waals surface area contributed by atoms with E-state index < -0.39 is 40.6 Å². The number of nitrogens with zero attached hydrogens (tertiary/aromatic N) is 4. The van der Waals surface area contributed by atoms with Crippen LogP contribution < -0.4 is 15.8 Å². The van der Waals surface area contributed by atoms with Gasteiger partial charge in [0.2, 0.25) is 0 Å². The van der Waals surface area contributed by atoms with Crippen LogP contribution in [0, 0.1) is 11.6 Å². The fourth-order valence-corrected chi connectivity index (χ4v) is 7.91. The third-order valence-corrected chi connectivity index (χ3v) is 10.1. The Kier molecular flexibility index (Phi) is 7.26. The summed E-state index contributed by atoms with van der Waals surface area (Å²) in [6.45, 7) is 1.11. The summed E-state index contributed by atoms with van der Waals surface area (Å²) in [6.07, 6.45) is 0.411. The average Bonchev–Trinajstić information content (AvgIpc) is 3.64. The number of ether oxygens (including phenoxy) is 1. The SMILES string of the molecule is Nc1nc2c(-c3c(C(F)(F)F)cc4c(NC5CCCCC5)nc(OC[C@@]56CCCN5C[C@H](F)C6)nc4c3F)ccc(F)c2s1. The number of nitrogens with one attached hydrogen (secondary N) is 1. The second kappa shape index (κ2) is 10.9. The molecule has 2 saturated heterocycles. The highest BCUT2D eigenvalue weighted by Crippen LogP contribution is 2.46. The molecule has 0 spiro atoms. The van der Waals surface area contributed by atoms with Crippen LogP contribution >= 0.6 is 11.3 Å². The first-order valence-electron chi connectivity index (χ1n) is 14.8. The van der Waals surface area contributed by atoms with E-state index in [1.165, 1.54) is 0 Å².